The molecule has 0 aliphatic heterocycles. The Morgan fingerprint density at radius 1 is 0.545 bits per heavy atom. The summed E-state index contributed by atoms with van der Waals surface area (Å²) in [6, 6.07) is 1.17. The molecule has 0 saturated heterocycles. The van der Waals surface area contributed by atoms with E-state index in [0.717, 1.165) is 26.1 Å². The summed E-state index contributed by atoms with van der Waals surface area (Å²) in [5.74, 6) is 0. The molecule has 0 spiro atoms. The average Bonchev–Trinajstić information content (AvgIpc) is 2.53. The Bertz CT molecular complexity index is 213. The Morgan fingerprint density at radius 2 is 0.955 bits per heavy atom. The Balaban J connectivity index is 3.58. The first-order valence-electron chi connectivity index (χ1n) is 9.96. The Morgan fingerprint density at radius 3 is 1.36 bits per heavy atom. The van der Waals surface area contributed by atoms with Gasteiger partial charge in [0.25, 0.3) is 0 Å². The lowest BCUT2D eigenvalue weighted by molar-refractivity contribution is 0.172. The van der Waals surface area contributed by atoms with Gasteiger partial charge in [-0.1, -0.05) is 85.0 Å². The maximum absolute atomic E-state index is 6.08. The minimum Gasteiger partial charge on any atom is -0.394 e. The molecule has 0 aromatic heterocycles. The third-order valence-electron chi connectivity index (χ3n) is 4.21. The van der Waals surface area contributed by atoms with Crippen LogP contribution in [0.25, 0.3) is 0 Å². The zero-order chi connectivity index (χ0) is 16.5. The van der Waals surface area contributed by atoms with Gasteiger partial charge in [0.1, 0.15) is 0 Å². The van der Waals surface area contributed by atoms with E-state index in [2.05, 4.69) is 27.3 Å². The summed E-state index contributed by atoms with van der Waals surface area (Å²) in [4.78, 5) is 0. The van der Waals surface area contributed by atoms with Crippen molar-refractivity contribution in [3.8, 4) is 0 Å². The molecule has 0 fully saturated rings. The lowest BCUT2D eigenvalue weighted by Crippen LogP contribution is -2.39. The van der Waals surface area contributed by atoms with Crippen molar-refractivity contribution in [2.24, 2.45) is 0 Å². The minimum absolute atomic E-state index is 0.865. The summed E-state index contributed by atoms with van der Waals surface area (Å²) in [7, 11) is -1.88. The van der Waals surface area contributed by atoms with E-state index in [1.54, 1.807) is 0 Å². The van der Waals surface area contributed by atoms with E-state index in [1.165, 1.54) is 70.3 Å². The highest BCUT2D eigenvalue weighted by Gasteiger charge is 2.30. The van der Waals surface area contributed by atoms with E-state index < -0.39 is 8.56 Å². The molecule has 0 saturated carbocycles. The molecule has 134 valence electrons. The van der Waals surface area contributed by atoms with E-state index in [4.69, 9.17) is 8.85 Å². The second-order valence-corrected chi connectivity index (χ2v) is 10.1. The molecular weight excluding hydrogens is 288 g/mol. The molecule has 0 unspecified atom stereocenters. The van der Waals surface area contributed by atoms with Crippen LogP contribution >= 0.6 is 0 Å². The van der Waals surface area contributed by atoms with Crippen LogP contribution in [0.5, 0.6) is 0 Å². The maximum Gasteiger partial charge on any atom is 0.334 e. The van der Waals surface area contributed by atoms with Gasteiger partial charge in [0.2, 0.25) is 0 Å². The van der Waals surface area contributed by atoms with Gasteiger partial charge in [0.05, 0.1) is 0 Å². The summed E-state index contributed by atoms with van der Waals surface area (Å²) in [6.45, 7) is 10.6. The molecule has 2 nitrogen and oxygen atoms in total. The smallest absolute Gasteiger partial charge is 0.334 e. The van der Waals surface area contributed by atoms with E-state index in [0.29, 0.717) is 0 Å². The topological polar surface area (TPSA) is 18.5 Å². The van der Waals surface area contributed by atoms with Crippen LogP contribution in [0.15, 0.2) is 0 Å². The molecule has 0 heterocycles. The Kier molecular flexibility index (Phi) is 16.1. The fourth-order valence-electron chi connectivity index (χ4n) is 2.76. The standard InChI is InChI=1S/C19H42O2Si/c1-5-8-9-10-11-12-13-14-15-16-19-22(4,20-17-6-2)21-18-7-3/h5-19H2,1-4H3. The fourth-order valence-corrected chi connectivity index (χ4v) is 5.29. The van der Waals surface area contributed by atoms with Crippen molar-refractivity contribution in [1.29, 1.82) is 0 Å². The fraction of sp³-hybridized carbons (Fsp3) is 1.00. The SMILES string of the molecule is CCCCCCCCCCCC[Si](C)(OCCC)OCCC. The molecule has 0 bridgehead atoms. The van der Waals surface area contributed by atoms with Crippen LogP contribution in [0.1, 0.15) is 97.8 Å². The third kappa shape index (κ3) is 13.8. The van der Waals surface area contributed by atoms with Crippen molar-refractivity contribution in [2.75, 3.05) is 13.2 Å². The summed E-state index contributed by atoms with van der Waals surface area (Å²) in [6.07, 6.45) is 16.1. The number of unbranched alkanes of at least 4 members (excludes halogenated alkanes) is 9. The number of rotatable bonds is 17. The van der Waals surface area contributed by atoms with Crippen LogP contribution in [-0.4, -0.2) is 21.8 Å². The number of hydrogen-bond acceptors (Lipinski definition) is 2. The highest BCUT2D eigenvalue weighted by Crippen LogP contribution is 2.20. The molecule has 0 aliphatic rings. The van der Waals surface area contributed by atoms with Gasteiger partial charge >= 0.3 is 8.56 Å². The third-order valence-corrected chi connectivity index (χ3v) is 7.10. The van der Waals surface area contributed by atoms with E-state index in [-0.39, 0.29) is 0 Å². The molecule has 0 aromatic rings. The minimum atomic E-state index is -1.88. The van der Waals surface area contributed by atoms with Crippen molar-refractivity contribution in [3.63, 3.8) is 0 Å². The first-order chi connectivity index (χ1) is 10.7. The van der Waals surface area contributed by atoms with Crippen LogP contribution in [0.2, 0.25) is 12.6 Å². The zero-order valence-corrected chi connectivity index (χ0v) is 16.9. The average molecular weight is 331 g/mol. The lowest BCUT2D eigenvalue weighted by atomic mass is 10.1. The molecule has 0 amide bonds. The highest BCUT2D eigenvalue weighted by atomic mass is 28.4. The van der Waals surface area contributed by atoms with Gasteiger partial charge in [0, 0.05) is 13.2 Å². The first-order valence-corrected chi connectivity index (χ1v) is 12.5. The zero-order valence-electron chi connectivity index (χ0n) is 15.9. The number of hydrogen-bond donors (Lipinski definition) is 0. The van der Waals surface area contributed by atoms with Crippen LogP contribution in [0, 0.1) is 0 Å². The van der Waals surface area contributed by atoms with Gasteiger partial charge in [-0.25, -0.2) is 0 Å². The normalized spacial score (nSPS) is 12.0. The molecule has 0 atom stereocenters. The van der Waals surface area contributed by atoms with Gasteiger partial charge in [-0.05, 0) is 25.4 Å². The van der Waals surface area contributed by atoms with Crippen molar-refractivity contribution in [1.82, 2.24) is 0 Å². The predicted molar refractivity (Wildman–Crippen MR) is 101 cm³/mol. The second-order valence-electron chi connectivity index (χ2n) is 6.76. The lowest BCUT2D eigenvalue weighted by Gasteiger charge is -2.27. The van der Waals surface area contributed by atoms with Crippen molar-refractivity contribution in [2.45, 2.75) is 110 Å². The van der Waals surface area contributed by atoms with Gasteiger partial charge in [-0.2, -0.15) is 0 Å². The van der Waals surface area contributed by atoms with Crippen molar-refractivity contribution < 1.29 is 8.85 Å². The molecule has 22 heavy (non-hydrogen) atoms. The summed E-state index contributed by atoms with van der Waals surface area (Å²) < 4.78 is 12.2. The van der Waals surface area contributed by atoms with Crippen LogP contribution in [-0.2, 0) is 8.85 Å². The van der Waals surface area contributed by atoms with Crippen molar-refractivity contribution >= 4 is 8.56 Å². The Hall–Kier alpha value is 0.137. The van der Waals surface area contributed by atoms with Gasteiger partial charge in [-0.15, -0.1) is 0 Å². The largest absolute Gasteiger partial charge is 0.394 e. The van der Waals surface area contributed by atoms with Gasteiger partial charge < -0.3 is 8.85 Å². The molecule has 3 heteroatoms. The first kappa shape index (κ1) is 22.1. The molecular formula is C19H42O2Si. The molecule has 0 rings (SSSR count). The molecule has 0 radical (unpaired) electrons. The summed E-state index contributed by atoms with van der Waals surface area (Å²) >= 11 is 0. The quantitative estimate of drug-likeness (QED) is 0.215. The van der Waals surface area contributed by atoms with Crippen molar-refractivity contribution in [3.05, 3.63) is 0 Å². The molecule has 0 aromatic carbocycles. The van der Waals surface area contributed by atoms with Gasteiger partial charge in [-0.3, -0.25) is 0 Å². The predicted octanol–water partition coefficient (Wildman–Crippen LogP) is 6.83. The maximum atomic E-state index is 6.08. The summed E-state index contributed by atoms with van der Waals surface area (Å²) in [5.41, 5.74) is 0. The van der Waals surface area contributed by atoms with E-state index in [1.807, 2.05) is 0 Å². The highest BCUT2D eigenvalue weighted by molar-refractivity contribution is 6.66. The van der Waals surface area contributed by atoms with Crippen LogP contribution in [0.4, 0.5) is 0 Å². The Labute approximate surface area is 141 Å². The molecule has 0 N–H and O–H groups in total. The van der Waals surface area contributed by atoms with Gasteiger partial charge in [0.15, 0.2) is 0 Å². The van der Waals surface area contributed by atoms with Crippen LogP contribution in [0.3, 0.4) is 0 Å². The molecule has 0 aliphatic carbocycles. The van der Waals surface area contributed by atoms with E-state index in [9.17, 15) is 0 Å². The van der Waals surface area contributed by atoms with E-state index >= 15 is 0 Å². The second kappa shape index (κ2) is 16.0. The summed E-state index contributed by atoms with van der Waals surface area (Å²) in [5, 5.41) is 0. The monoisotopic (exact) mass is 330 g/mol. The van der Waals surface area contributed by atoms with Crippen LogP contribution < -0.4 is 0 Å².